The van der Waals surface area contributed by atoms with Crippen molar-refractivity contribution in [3.05, 3.63) is 59.1 Å². The first-order valence-corrected chi connectivity index (χ1v) is 9.51. The number of rotatable bonds is 5. The number of hydrogen-bond donors (Lipinski definition) is 1. The Morgan fingerprint density at radius 1 is 1.12 bits per heavy atom. The fourth-order valence-corrected chi connectivity index (χ4v) is 2.71. The molecule has 1 N–H and O–H groups in total. The van der Waals surface area contributed by atoms with Crippen LogP contribution in [0, 0.1) is 0 Å². The maximum absolute atomic E-state index is 12.1. The molecule has 0 aromatic heterocycles. The van der Waals surface area contributed by atoms with E-state index in [1.165, 1.54) is 31.2 Å². The molecule has 8 heteroatoms. The molecule has 1 amide bonds. The summed E-state index contributed by atoms with van der Waals surface area (Å²) in [6, 6.07) is 11.9. The molecular weight excluding hydrogens is 366 g/mol. The van der Waals surface area contributed by atoms with Crippen molar-refractivity contribution in [3.63, 3.8) is 0 Å². The minimum absolute atomic E-state index is 0.000203. The van der Waals surface area contributed by atoms with Gasteiger partial charge in [0, 0.05) is 17.0 Å². The molecule has 132 valence electrons. The number of ether oxygens (including phenoxy) is 1. The van der Waals surface area contributed by atoms with Gasteiger partial charge in [-0.2, -0.15) is 0 Å². The zero-order valence-electron chi connectivity index (χ0n) is 13.5. The molecule has 0 spiro atoms. The molecule has 2 aromatic carbocycles. The van der Waals surface area contributed by atoms with Crippen LogP contribution in [0.2, 0.25) is 5.02 Å². The third-order valence-corrected chi connectivity index (χ3v) is 4.62. The first-order valence-electron chi connectivity index (χ1n) is 7.24. The van der Waals surface area contributed by atoms with Crippen molar-refractivity contribution in [1.29, 1.82) is 0 Å². The van der Waals surface area contributed by atoms with Gasteiger partial charge in [-0.05, 0) is 49.4 Å². The molecule has 2 aromatic rings. The molecule has 1 atom stereocenters. The van der Waals surface area contributed by atoms with Crippen LogP contribution < -0.4 is 5.32 Å². The van der Waals surface area contributed by atoms with Crippen LogP contribution in [0.25, 0.3) is 0 Å². The number of esters is 1. The van der Waals surface area contributed by atoms with Gasteiger partial charge < -0.3 is 10.1 Å². The molecule has 0 aliphatic heterocycles. The van der Waals surface area contributed by atoms with E-state index in [0.29, 0.717) is 10.7 Å². The van der Waals surface area contributed by atoms with Crippen LogP contribution in [0.15, 0.2) is 53.4 Å². The van der Waals surface area contributed by atoms with E-state index in [4.69, 9.17) is 16.3 Å². The van der Waals surface area contributed by atoms with Crippen molar-refractivity contribution < 1.29 is 22.7 Å². The highest BCUT2D eigenvalue weighted by atomic mass is 35.5. The van der Waals surface area contributed by atoms with Gasteiger partial charge in [-0.15, -0.1) is 0 Å². The van der Waals surface area contributed by atoms with Gasteiger partial charge in [-0.1, -0.05) is 17.7 Å². The molecule has 0 saturated carbocycles. The average molecular weight is 382 g/mol. The predicted molar refractivity (Wildman–Crippen MR) is 94.5 cm³/mol. The lowest BCUT2D eigenvalue weighted by Crippen LogP contribution is -2.30. The second kappa shape index (κ2) is 7.67. The Morgan fingerprint density at radius 2 is 1.76 bits per heavy atom. The van der Waals surface area contributed by atoms with Crippen LogP contribution >= 0.6 is 11.6 Å². The largest absolute Gasteiger partial charge is 0.449 e. The second-order valence-corrected chi connectivity index (χ2v) is 7.80. The zero-order valence-corrected chi connectivity index (χ0v) is 15.1. The lowest BCUT2D eigenvalue weighted by atomic mass is 10.2. The Morgan fingerprint density at radius 3 is 2.36 bits per heavy atom. The van der Waals surface area contributed by atoms with Gasteiger partial charge in [0.1, 0.15) is 0 Å². The summed E-state index contributed by atoms with van der Waals surface area (Å²) in [5.74, 6) is -1.31. The van der Waals surface area contributed by atoms with E-state index in [-0.39, 0.29) is 10.5 Å². The van der Waals surface area contributed by atoms with Crippen molar-refractivity contribution >= 4 is 39.0 Å². The average Bonchev–Trinajstić information content (AvgIpc) is 2.56. The summed E-state index contributed by atoms with van der Waals surface area (Å²) in [6.45, 7) is 1.42. The summed E-state index contributed by atoms with van der Waals surface area (Å²) in [5.41, 5.74) is 0.561. The highest BCUT2D eigenvalue weighted by Gasteiger charge is 2.20. The van der Waals surface area contributed by atoms with Gasteiger partial charge >= 0.3 is 5.97 Å². The minimum atomic E-state index is -3.45. The molecule has 0 saturated heterocycles. The number of sulfone groups is 1. The standard InChI is InChI=1S/C17H16ClNO5S/c1-11(16(20)19-14-8-6-13(18)7-9-14)24-17(21)12-4-3-5-15(10-12)25(2,22)23/h3-11H,1-2H3,(H,19,20)/t11-/m1/s1. The first kappa shape index (κ1) is 19.0. The van der Waals surface area contributed by atoms with Gasteiger partial charge in [-0.3, -0.25) is 4.79 Å². The Hall–Kier alpha value is -2.38. The third kappa shape index (κ3) is 5.30. The molecular formula is C17H16ClNO5S. The van der Waals surface area contributed by atoms with E-state index >= 15 is 0 Å². The number of carbonyl (C=O) groups is 2. The molecule has 0 radical (unpaired) electrons. The molecule has 0 aliphatic rings. The van der Waals surface area contributed by atoms with E-state index in [9.17, 15) is 18.0 Å². The second-order valence-electron chi connectivity index (χ2n) is 5.34. The number of carbonyl (C=O) groups excluding carboxylic acids is 2. The minimum Gasteiger partial charge on any atom is -0.449 e. The lowest BCUT2D eigenvalue weighted by Gasteiger charge is -2.14. The summed E-state index contributed by atoms with van der Waals surface area (Å²) in [5, 5.41) is 3.12. The van der Waals surface area contributed by atoms with Crippen LogP contribution in [0.5, 0.6) is 0 Å². The first-order chi connectivity index (χ1) is 11.7. The van der Waals surface area contributed by atoms with E-state index in [1.807, 2.05) is 0 Å². The highest BCUT2D eigenvalue weighted by molar-refractivity contribution is 7.90. The molecule has 0 fully saturated rings. The van der Waals surface area contributed by atoms with E-state index in [1.54, 1.807) is 24.3 Å². The molecule has 0 unspecified atom stereocenters. The van der Waals surface area contributed by atoms with E-state index in [2.05, 4.69) is 5.32 Å². The summed E-state index contributed by atoms with van der Waals surface area (Å²) < 4.78 is 28.2. The number of nitrogens with one attached hydrogen (secondary N) is 1. The fraction of sp³-hybridized carbons (Fsp3) is 0.176. The number of benzene rings is 2. The monoisotopic (exact) mass is 381 g/mol. The van der Waals surface area contributed by atoms with E-state index < -0.39 is 27.8 Å². The van der Waals surface area contributed by atoms with Crippen LogP contribution in [-0.4, -0.2) is 32.7 Å². The Labute approximate surface area is 150 Å². The van der Waals surface area contributed by atoms with Crippen molar-refractivity contribution in [2.24, 2.45) is 0 Å². The highest BCUT2D eigenvalue weighted by Crippen LogP contribution is 2.15. The maximum atomic E-state index is 12.1. The topological polar surface area (TPSA) is 89.5 Å². The maximum Gasteiger partial charge on any atom is 0.338 e. The zero-order chi connectivity index (χ0) is 18.6. The van der Waals surface area contributed by atoms with Crippen molar-refractivity contribution in [1.82, 2.24) is 0 Å². The SMILES string of the molecule is C[C@@H](OC(=O)c1cccc(S(C)(=O)=O)c1)C(=O)Nc1ccc(Cl)cc1. The van der Waals surface area contributed by atoms with Crippen LogP contribution in [0.3, 0.4) is 0 Å². The summed E-state index contributed by atoms with van der Waals surface area (Å²) in [4.78, 5) is 24.2. The van der Waals surface area contributed by atoms with Gasteiger partial charge in [0.15, 0.2) is 15.9 Å². The Balaban J connectivity index is 2.04. The number of anilines is 1. The molecule has 25 heavy (non-hydrogen) atoms. The van der Waals surface area contributed by atoms with Crippen LogP contribution in [-0.2, 0) is 19.4 Å². The Kier molecular flexibility index (Phi) is 5.81. The smallest absolute Gasteiger partial charge is 0.338 e. The van der Waals surface area contributed by atoms with Gasteiger partial charge in [0.2, 0.25) is 0 Å². The van der Waals surface area contributed by atoms with Crippen molar-refractivity contribution in [2.75, 3.05) is 11.6 Å². The van der Waals surface area contributed by atoms with E-state index in [0.717, 1.165) is 6.26 Å². The predicted octanol–water partition coefficient (Wildman–Crippen LogP) is 2.93. The van der Waals surface area contributed by atoms with Crippen LogP contribution in [0.4, 0.5) is 5.69 Å². The summed E-state index contributed by atoms with van der Waals surface area (Å²) in [6.07, 6.45) is -0.0234. The van der Waals surface area contributed by atoms with Gasteiger partial charge in [0.05, 0.1) is 10.5 Å². The molecule has 0 heterocycles. The number of amides is 1. The fourth-order valence-electron chi connectivity index (χ4n) is 1.91. The molecule has 0 bridgehead atoms. The van der Waals surface area contributed by atoms with Crippen molar-refractivity contribution in [3.8, 4) is 0 Å². The lowest BCUT2D eigenvalue weighted by molar-refractivity contribution is -0.123. The Bertz CT molecular complexity index is 894. The third-order valence-electron chi connectivity index (χ3n) is 3.26. The quantitative estimate of drug-likeness (QED) is 0.804. The number of hydrogen-bond acceptors (Lipinski definition) is 5. The van der Waals surface area contributed by atoms with Gasteiger partial charge in [0.25, 0.3) is 5.91 Å². The summed E-state index contributed by atoms with van der Waals surface area (Å²) >= 11 is 5.77. The molecule has 2 rings (SSSR count). The van der Waals surface area contributed by atoms with Crippen molar-refractivity contribution in [2.45, 2.75) is 17.9 Å². The summed E-state index contributed by atoms with van der Waals surface area (Å²) in [7, 11) is -3.45. The van der Waals surface area contributed by atoms with Crippen LogP contribution in [0.1, 0.15) is 17.3 Å². The van der Waals surface area contributed by atoms with Gasteiger partial charge in [-0.25, -0.2) is 13.2 Å². The number of halogens is 1. The normalized spacial score (nSPS) is 12.3. The molecule has 6 nitrogen and oxygen atoms in total. The molecule has 0 aliphatic carbocycles.